The number of esters is 1. The number of carbonyl (C=O) groups excluding carboxylic acids is 3. The van der Waals surface area contributed by atoms with Crippen molar-refractivity contribution in [2.75, 3.05) is 0 Å². The van der Waals surface area contributed by atoms with Gasteiger partial charge in [0.05, 0.1) is 17.0 Å². The molecular formula is C24H14Cl3NO4S. The molecule has 1 fully saturated rings. The van der Waals surface area contributed by atoms with Crippen LogP contribution < -0.4 is 4.74 Å². The number of amides is 2. The van der Waals surface area contributed by atoms with Crippen LogP contribution in [-0.2, 0) is 11.3 Å². The molecule has 1 saturated heterocycles. The fourth-order valence-electron chi connectivity index (χ4n) is 3.03. The third kappa shape index (κ3) is 5.60. The molecular weight excluding hydrogens is 505 g/mol. The second-order valence-electron chi connectivity index (χ2n) is 6.97. The molecule has 166 valence electrons. The SMILES string of the molecule is O=C(Oc1cccc(/C=C2\SC(=O)N(Cc3ccc(Cl)cc3Cl)C2=O)c1)c1ccc(Cl)cc1. The normalized spacial score (nSPS) is 14.8. The molecule has 3 aromatic carbocycles. The van der Waals surface area contributed by atoms with Gasteiger partial charge in [0.2, 0.25) is 0 Å². The van der Waals surface area contributed by atoms with Crippen LogP contribution in [0.25, 0.3) is 6.08 Å². The molecule has 0 spiro atoms. The van der Waals surface area contributed by atoms with Crippen LogP contribution in [0, 0.1) is 0 Å². The van der Waals surface area contributed by atoms with Gasteiger partial charge in [0.15, 0.2) is 0 Å². The molecule has 2 amide bonds. The molecule has 4 rings (SSSR count). The van der Waals surface area contributed by atoms with E-state index in [2.05, 4.69) is 0 Å². The molecule has 1 heterocycles. The number of thioether (sulfide) groups is 1. The maximum Gasteiger partial charge on any atom is 0.343 e. The maximum atomic E-state index is 12.8. The van der Waals surface area contributed by atoms with E-state index in [9.17, 15) is 14.4 Å². The van der Waals surface area contributed by atoms with Gasteiger partial charge in [-0.25, -0.2) is 4.79 Å². The highest BCUT2D eigenvalue weighted by Crippen LogP contribution is 2.35. The summed E-state index contributed by atoms with van der Waals surface area (Å²) in [5.41, 5.74) is 1.57. The third-order valence-electron chi connectivity index (χ3n) is 4.66. The van der Waals surface area contributed by atoms with Crippen molar-refractivity contribution >= 4 is 69.8 Å². The van der Waals surface area contributed by atoms with Crippen LogP contribution in [0.1, 0.15) is 21.5 Å². The lowest BCUT2D eigenvalue weighted by atomic mass is 10.2. The highest BCUT2D eigenvalue weighted by molar-refractivity contribution is 8.18. The van der Waals surface area contributed by atoms with Crippen LogP contribution in [0.2, 0.25) is 15.1 Å². The predicted molar refractivity (Wildman–Crippen MR) is 131 cm³/mol. The van der Waals surface area contributed by atoms with Gasteiger partial charge in [0, 0.05) is 15.1 Å². The molecule has 0 N–H and O–H groups in total. The summed E-state index contributed by atoms with van der Waals surface area (Å²) in [4.78, 5) is 39.0. The van der Waals surface area contributed by atoms with Crippen molar-refractivity contribution in [1.29, 1.82) is 0 Å². The second kappa shape index (κ2) is 10.0. The Labute approximate surface area is 208 Å². The molecule has 0 bridgehead atoms. The molecule has 3 aromatic rings. The van der Waals surface area contributed by atoms with E-state index in [0.29, 0.717) is 37.5 Å². The monoisotopic (exact) mass is 517 g/mol. The van der Waals surface area contributed by atoms with Crippen molar-refractivity contribution in [2.24, 2.45) is 0 Å². The number of halogens is 3. The molecule has 1 aliphatic rings. The van der Waals surface area contributed by atoms with E-state index in [1.54, 1.807) is 72.8 Å². The summed E-state index contributed by atoms with van der Waals surface area (Å²) in [7, 11) is 0. The van der Waals surface area contributed by atoms with E-state index < -0.39 is 17.1 Å². The number of carbonyl (C=O) groups is 3. The molecule has 0 atom stereocenters. The van der Waals surface area contributed by atoms with Crippen LogP contribution in [0.15, 0.2) is 71.6 Å². The highest BCUT2D eigenvalue weighted by atomic mass is 35.5. The first-order chi connectivity index (χ1) is 15.8. The number of hydrogen-bond donors (Lipinski definition) is 0. The summed E-state index contributed by atoms with van der Waals surface area (Å²) in [5.74, 6) is -0.667. The Bertz CT molecular complexity index is 1290. The zero-order chi connectivity index (χ0) is 23.5. The Morgan fingerprint density at radius 2 is 1.67 bits per heavy atom. The minimum atomic E-state index is -0.538. The van der Waals surface area contributed by atoms with Crippen molar-refractivity contribution in [2.45, 2.75) is 6.54 Å². The summed E-state index contributed by atoms with van der Waals surface area (Å²) in [6.45, 7) is 0.0384. The van der Waals surface area contributed by atoms with E-state index in [-0.39, 0.29) is 11.4 Å². The van der Waals surface area contributed by atoms with Gasteiger partial charge in [0.1, 0.15) is 5.75 Å². The predicted octanol–water partition coefficient (Wildman–Crippen LogP) is 7.10. The minimum absolute atomic E-state index is 0.0384. The van der Waals surface area contributed by atoms with Crippen molar-refractivity contribution < 1.29 is 19.1 Å². The standard InChI is InChI=1S/C24H14Cl3NO4S/c25-17-7-4-15(5-8-17)23(30)32-19-3-1-2-14(10-19)11-21-22(29)28(24(31)33-21)13-16-6-9-18(26)12-20(16)27/h1-12H,13H2/b21-11-. The number of benzene rings is 3. The zero-order valence-electron chi connectivity index (χ0n) is 16.8. The topological polar surface area (TPSA) is 63.7 Å². The van der Waals surface area contributed by atoms with Gasteiger partial charge in [-0.05, 0) is 77.5 Å². The van der Waals surface area contributed by atoms with Crippen molar-refractivity contribution in [3.05, 3.63) is 103 Å². The summed E-state index contributed by atoms with van der Waals surface area (Å²) in [6, 6.07) is 17.9. The van der Waals surface area contributed by atoms with E-state index >= 15 is 0 Å². The fourth-order valence-corrected chi connectivity index (χ4v) is 4.46. The molecule has 0 aromatic heterocycles. The van der Waals surface area contributed by atoms with Crippen LogP contribution in [-0.4, -0.2) is 22.0 Å². The Morgan fingerprint density at radius 1 is 0.939 bits per heavy atom. The van der Waals surface area contributed by atoms with Crippen molar-refractivity contribution in [3.63, 3.8) is 0 Å². The molecule has 5 nitrogen and oxygen atoms in total. The minimum Gasteiger partial charge on any atom is -0.423 e. The molecule has 0 unspecified atom stereocenters. The lowest BCUT2D eigenvalue weighted by Crippen LogP contribution is -2.27. The quantitative estimate of drug-likeness (QED) is 0.205. The van der Waals surface area contributed by atoms with E-state index in [1.165, 1.54) is 0 Å². The lowest BCUT2D eigenvalue weighted by Gasteiger charge is -2.13. The van der Waals surface area contributed by atoms with Gasteiger partial charge < -0.3 is 4.74 Å². The van der Waals surface area contributed by atoms with Gasteiger partial charge in [-0.2, -0.15) is 0 Å². The summed E-state index contributed by atoms with van der Waals surface area (Å²) >= 11 is 18.8. The molecule has 0 radical (unpaired) electrons. The fraction of sp³-hybridized carbons (Fsp3) is 0.0417. The van der Waals surface area contributed by atoms with Gasteiger partial charge in [0.25, 0.3) is 11.1 Å². The van der Waals surface area contributed by atoms with Gasteiger partial charge in [-0.1, -0.05) is 53.0 Å². The zero-order valence-corrected chi connectivity index (χ0v) is 19.8. The Morgan fingerprint density at radius 3 is 2.39 bits per heavy atom. The highest BCUT2D eigenvalue weighted by Gasteiger charge is 2.35. The van der Waals surface area contributed by atoms with E-state index in [1.807, 2.05) is 0 Å². The Hall–Kier alpha value is -2.77. The Balaban J connectivity index is 1.49. The first-order valence-electron chi connectivity index (χ1n) is 9.57. The van der Waals surface area contributed by atoms with Gasteiger partial charge >= 0.3 is 5.97 Å². The molecule has 1 aliphatic heterocycles. The molecule has 9 heteroatoms. The number of imide groups is 1. The summed E-state index contributed by atoms with van der Waals surface area (Å²) in [6.07, 6.45) is 1.58. The van der Waals surface area contributed by atoms with Crippen LogP contribution in [0.3, 0.4) is 0 Å². The lowest BCUT2D eigenvalue weighted by molar-refractivity contribution is -0.123. The van der Waals surface area contributed by atoms with Crippen molar-refractivity contribution in [3.8, 4) is 5.75 Å². The van der Waals surface area contributed by atoms with Gasteiger partial charge in [-0.15, -0.1) is 0 Å². The maximum absolute atomic E-state index is 12.8. The average Bonchev–Trinajstić information content (AvgIpc) is 3.03. The number of nitrogens with zero attached hydrogens (tertiary/aromatic N) is 1. The molecule has 33 heavy (non-hydrogen) atoms. The van der Waals surface area contributed by atoms with Gasteiger partial charge in [-0.3, -0.25) is 14.5 Å². The number of rotatable bonds is 5. The Kier molecular flexibility index (Phi) is 7.10. The first kappa shape index (κ1) is 23.4. The average molecular weight is 519 g/mol. The largest absolute Gasteiger partial charge is 0.423 e. The van der Waals surface area contributed by atoms with Crippen LogP contribution >= 0.6 is 46.6 Å². The number of hydrogen-bond acceptors (Lipinski definition) is 5. The van der Waals surface area contributed by atoms with Crippen LogP contribution in [0.5, 0.6) is 5.75 Å². The number of ether oxygens (including phenoxy) is 1. The first-order valence-corrected chi connectivity index (χ1v) is 11.5. The van der Waals surface area contributed by atoms with Crippen molar-refractivity contribution in [1.82, 2.24) is 4.90 Å². The van der Waals surface area contributed by atoms with E-state index in [0.717, 1.165) is 16.7 Å². The summed E-state index contributed by atoms with van der Waals surface area (Å²) in [5, 5.41) is 0.957. The van der Waals surface area contributed by atoms with E-state index in [4.69, 9.17) is 39.5 Å². The van der Waals surface area contributed by atoms with Crippen LogP contribution in [0.4, 0.5) is 4.79 Å². The molecule has 0 aliphatic carbocycles. The summed E-state index contributed by atoms with van der Waals surface area (Å²) < 4.78 is 5.41. The third-order valence-corrected chi connectivity index (χ3v) is 6.41. The second-order valence-corrected chi connectivity index (χ2v) is 9.25. The molecule has 0 saturated carbocycles. The smallest absolute Gasteiger partial charge is 0.343 e.